The van der Waals surface area contributed by atoms with Gasteiger partial charge in [0.25, 0.3) is 0 Å². The molecule has 0 spiro atoms. The molecule has 0 bridgehead atoms. The minimum atomic E-state index is 0.207. The number of nitrogens with zero attached hydrogens (tertiary/aromatic N) is 3. The molecule has 2 rings (SSSR count). The Kier molecular flexibility index (Phi) is 4.37. The van der Waals surface area contributed by atoms with Crippen molar-refractivity contribution in [2.45, 2.75) is 37.9 Å². The standard InChI is InChI=1S/C13H24N4O/c1-10(8-18-3)16(2)12(6-14)13-7-15-9-17(13)11-4-5-11/h7,9-12H,4-6,8,14H2,1-3H3. The van der Waals surface area contributed by atoms with Crippen LogP contribution in [0, 0.1) is 0 Å². The van der Waals surface area contributed by atoms with Crippen LogP contribution in [0.4, 0.5) is 0 Å². The van der Waals surface area contributed by atoms with E-state index in [0.29, 0.717) is 25.2 Å². The lowest BCUT2D eigenvalue weighted by Crippen LogP contribution is -2.40. The van der Waals surface area contributed by atoms with Gasteiger partial charge in [0.05, 0.1) is 24.7 Å². The maximum absolute atomic E-state index is 5.96. The van der Waals surface area contributed by atoms with Gasteiger partial charge in [-0.15, -0.1) is 0 Å². The van der Waals surface area contributed by atoms with E-state index in [1.165, 1.54) is 18.5 Å². The summed E-state index contributed by atoms with van der Waals surface area (Å²) in [6.45, 7) is 3.47. The lowest BCUT2D eigenvalue weighted by molar-refractivity contribution is 0.0887. The maximum Gasteiger partial charge on any atom is 0.0951 e. The van der Waals surface area contributed by atoms with Crippen molar-refractivity contribution in [3.63, 3.8) is 0 Å². The topological polar surface area (TPSA) is 56.3 Å². The zero-order valence-corrected chi connectivity index (χ0v) is 11.5. The van der Waals surface area contributed by atoms with Crippen molar-refractivity contribution in [3.8, 4) is 0 Å². The molecule has 1 aliphatic carbocycles. The van der Waals surface area contributed by atoms with Gasteiger partial charge in [0, 0.05) is 31.9 Å². The molecule has 0 amide bonds. The first-order chi connectivity index (χ1) is 8.69. The van der Waals surface area contributed by atoms with Crippen LogP contribution >= 0.6 is 0 Å². The van der Waals surface area contributed by atoms with E-state index < -0.39 is 0 Å². The van der Waals surface area contributed by atoms with Gasteiger partial charge in [-0.1, -0.05) is 0 Å². The molecule has 5 heteroatoms. The molecule has 18 heavy (non-hydrogen) atoms. The third-order valence-electron chi connectivity index (χ3n) is 3.80. The first kappa shape index (κ1) is 13.5. The predicted octanol–water partition coefficient (Wildman–Crippen LogP) is 1.18. The Morgan fingerprint density at radius 3 is 2.89 bits per heavy atom. The molecule has 0 aliphatic heterocycles. The highest BCUT2D eigenvalue weighted by atomic mass is 16.5. The summed E-state index contributed by atoms with van der Waals surface area (Å²) >= 11 is 0. The molecule has 1 aromatic rings. The Labute approximate surface area is 109 Å². The van der Waals surface area contributed by atoms with Crippen LogP contribution in [0.25, 0.3) is 0 Å². The van der Waals surface area contributed by atoms with E-state index in [1.807, 2.05) is 12.5 Å². The number of methoxy groups -OCH3 is 1. The Bertz CT molecular complexity index is 375. The minimum Gasteiger partial charge on any atom is -0.383 e. The molecule has 102 valence electrons. The molecule has 1 aromatic heterocycles. The summed E-state index contributed by atoms with van der Waals surface area (Å²) in [7, 11) is 3.84. The minimum absolute atomic E-state index is 0.207. The fraction of sp³-hybridized carbons (Fsp3) is 0.769. The molecule has 1 heterocycles. The highest BCUT2D eigenvalue weighted by Crippen LogP contribution is 2.37. The summed E-state index contributed by atoms with van der Waals surface area (Å²) in [6, 6.07) is 1.19. The molecular formula is C13H24N4O. The van der Waals surface area contributed by atoms with Crippen LogP contribution in [0.3, 0.4) is 0 Å². The summed E-state index contributed by atoms with van der Waals surface area (Å²) in [5.41, 5.74) is 7.19. The molecule has 1 aliphatic rings. The first-order valence-electron chi connectivity index (χ1n) is 6.61. The second kappa shape index (κ2) is 5.82. The monoisotopic (exact) mass is 252 g/mol. The van der Waals surface area contributed by atoms with E-state index in [9.17, 15) is 0 Å². The number of rotatable bonds is 7. The number of imidazole rings is 1. The summed E-state index contributed by atoms with van der Waals surface area (Å²) in [4.78, 5) is 6.57. The first-order valence-corrected chi connectivity index (χ1v) is 6.61. The highest BCUT2D eigenvalue weighted by Gasteiger charge is 2.30. The maximum atomic E-state index is 5.96. The van der Waals surface area contributed by atoms with E-state index in [-0.39, 0.29) is 6.04 Å². The van der Waals surface area contributed by atoms with Gasteiger partial charge in [-0.05, 0) is 26.8 Å². The Morgan fingerprint density at radius 1 is 1.61 bits per heavy atom. The molecule has 1 fully saturated rings. The lowest BCUT2D eigenvalue weighted by atomic mass is 10.1. The fourth-order valence-electron chi connectivity index (χ4n) is 2.39. The molecule has 1 saturated carbocycles. The molecule has 2 atom stereocenters. The zero-order valence-electron chi connectivity index (χ0n) is 11.5. The van der Waals surface area contributed by atoms with Crippen molar-refractivity contribution < 1.29 is 4.74 Å². The van der Waals surface area contributed by atoms with Crippen LogP contribution in [-0.2, 0) is 4.74 Å². The van der Waals surface area contributed by atoms with Gasteiger partial charge in [0.1, 0.15) is 0 Å². The number of hydrogen-bond donors (Lipinski definition) is 1. The van der Waals surface area contributed by atoms with Crippen LogP contribution in [0.1, 0.15) is 37.5 Å². The van der Waals surface area contributed by atoms with Crippen molar-refractivity contribution in [2.75, 3.05) is 27.3 Å². The molecule has 2 N–H and O–H groups in total. The second-order valence-corrected chi connectivity index (χ2v) is 5.18. The smallest absolute Gasteiger partial charge is 0.0951 e. The van der Waals surface area contributed by atoms with Crippen molar-refractivity contribution in [1.29, 1.82) is 0 Å². The molecule has 0 saturated heterocycles. The van der Waals surface area contributed by atoms with Crippen LogP contribution in [-0.4, -0.2) is 47.8 Å². The normalized spacial score (nSPS) is 19.2. The lowest BCUT2D eigenvalue weighted by Gasteiger charge is -2.32. The Morgan fingerprint density at radius 2 is 2.33 bits per heavy atom. The van der Waals surface area contributed by atoms with Gasteiger partial charge >= 0.3 is 0 Å². The van der Waals surface area contributed by atoms with Crippen LogP contribution < -0.4 is 5.73 Å². The van der Waals surface area contributed by atoms with Crippen molar-refractivity contribution in [2.24, 2.45) is 5.73 Å². The van der Waals surface area contributed by atoms with Crippen molar-refractivity contribution in [1.82, 2.24) is 14.5 Å². The van der Waals surface area contributed by atoms with Gasteiger partial charge in [-0.25, -0.2) is 4.98 Å². The van der Waals surface area contributed by atoms with E-state index in [2.05, 4.69) is 28.4 Å². The average Bonchev–Trinajstić information content (AvgIpc) is 3.10. The van der Waals surface area contributed by atoms with Crippen LogP contribution in [0.5, 0.6) is 0 Å². The summed E-state index contributed by atoms with van der Waals surface area (Å²) in [5.74, 6) is 0. The third kappa shape index (κ3) is 2.74. The van der Waals surface area contributed by atoms with Crippen LogP contribution in [0.2, 0.25) is 0 Å². The Balaban J connectivity index is 2.13. The molecule has 5 nitrogen and oxygen atoms in total. The zero-order chi connectivity index (χ0) is 13.1. The molecule has 0 aromatic carbocycles. The number of nitrogens with two attached hydrogens (primary N) is 1. The van der Waals surface area contributed by atoms with Gasteiger partial charge in [-0.2, -0.15) is 0 Å². The molecule has 2 unspecified atom stereocenters. The van der Waals surface area contributed by atoms with Crippen LogP contribution in [0.15, 0.2) is 12.5 Å². The highest BCUT2D eigenvalue weighted by molar-refractivity contribution is 5.10. The fourth-order valence-corrected chi connectivity index (χ4v) is 2.39. The van der Waals surface area contributed by atoms with E-state index in [4.69, 9.17) is 10.5 Å². The van der Waals surface area contributed by atoms with E-state index in [1.54, 1.807) is 7.11 Å². The summed E-state index contributed by atoms with van der Waals surface area (Å²) in [6.07, 6.45) is 6.41. The number of hydrogen-bond acceptors (Lipinski definition) is 4. The molecule has 0 radical (unpaired) electrons. The summed E-state index contributed by atoms with van der Waals surface area (Å²) < 4.78 is 7.51. The van der Waals surface area contributed by atoms with Crippen molar-refractivity contribution in [3.05, 3.63) is 18.2 Å². The van der Waals surface area contributed by atoms with E-state index >= 15 is 0 Å². The van der Waals surface area contributed by atoms with Crippen molar-refractivity contribution >= 4 is 0 Å². The van der Waals surface area contributed by atoms with Gasteiger partial charge in [0.2, 0.25) is 0 Å². The number of likely N-dealkylation sites (N-methyl/N-ethyl adjacent to an activating group) is 1. The van der Waals surface area contributed by atoms with Gasteiger partial charge < -0.3 is 15.0 Å². The largest absolute Gasteiger partial charge is 0.383 e. The SMILES string of the molecule is COCC(C)N(C)C(CN)c1cncn1C1CC1. The quantitative estimate of drug-likeness (QED) is 0.792. The van der Waals surface area contributed by atoms with Gasteiger partial charge in [-0.3, -0.25) is 4.90 Å². The summed E-state index contributed by atoms with van der Waals surface area (Å²) in [5, 5.41) is 0. The molecular weight excluding hydrogens is 228 g/mol. The van der Waals surface area contributed by atoms with Gasteiger partial charge in [0.15, 0.2) is 0 Å². The number of aromatic nitrogens is 2. The third-order valence-corrected chi connectivity index (χ3v) is 3.80. The Hall–Kier alpha value is -0.910. The predicted molar refractivity (Wildman–Crippen MR) is 71.4 cm³/mol. The second-order valence-electron chi connectivity index (χ2n) is 5.18. The van der Waals surface area contributed by atoms with E-state index in [0.717, 1.165) is 0 Å². The number of ether oxygens (including phenoxy) is 1. The average molecular weight is 252 g/mol.